The summed E-state index contributed by atoms with van der Waals surface area (Å²) in [5.74, 6) is -2.20. The Balaban J connectivity index is 2.79. The highest BCUT2D eigenvalue weighted by Gasteiger charge is 2.52. The number of hydrogen-bond acceptors (Lipinski definition) is 6. The first-order valence-electron chi connectivity index (χ1n) is 4.52. The SMILES string of the molecule is CCC(O)[C@@]1(O)OC[C@@H](O)[C@@H](O)[C@H]1O. The topological polar surface area (TPSA) is 110 Å². The van der Waals surface area contributed by atoms with Gasteiger partial charge in [-0.05, 0) is 6.42 Å². The van der Waals surface area contributed by atoms with Gasteiger partial charge in [0.25, 0.3) is 0 Å². The molecule has 1 rings (SSSR count). The summed E-state index contributed by atoms with van der Waals surface area (Å²) in [6, 6.07) is 0. The predicted molar refractivity (Wildman–Crippen MR) is 45.2 cm³/mol. The van der Waals surface area contributed by atoms with Crippen LogP contribution in [0.4, 0.5) is 0 Å². The molecule has 0 aromatic carbocycles. The summed E-state index contributed by atoms with van der Waals surface area (Å²) < 4.78 is 4.76. The first-order valence-corrected chi connectivity index (χ1v) is 4.52. The molecule has 1 aliphatic heterocycles. The van der Waals surface area contributed by atoms with E-state index < -0.39 is 30.2 Å². The quantitative estimate of drug-likeness (QED) is 0.345. The van der Waals surface area contributed by atoms with Crippen molar-refractivity contribution in [3.63, 3.8) is 0 Å². The third kappa shape index (κ3) is 1.77. The maximum absolute atomic E-state index is 9.70. The van der Waals surface area contributed by atoms with Crippen molar-refractivity contribution in [3.8, 4) is 0 Å². The van der Waals surface area contributed by atoms with Crippen LogP contribution in [0.15, 0.2) is 0 Å². The number of aliphatic hydroxyl groups excluding tert-OH is 4. The molecule has 1 heterocycles. The van der Waals surface area contributed by atoms with E-state index in [-0.39, 0.29) is 13.0 Å². The normalized spacial score (nSPS) is 46.3. The minimum absolute atomic E-state index is 0.163. The van der Waals surface area contributed by atoms with Crippen LogP contribution in [0.1, 0.15) is 13.3 Å². The standard InChI is InChI=1S/C8H16O6/c1-2-5(10)8(13)7(12)6(11)4(9)3-14-8/h4-7,9-13H,2-3H2,1H3/t4-,5?,6-,7-,8-/m1/s1. The fraction of sp³-hybridized carbons (Fsp3) is 1.00. The van der Waals surface area contributed by atoms with Crippen molar-refractivity contribution in [2.75, 3.05) is 6.61 Å². The molecule has 0 radical (unpaired) electrons. The average Bonchev–Trinajstić information content (AvgIpc) is 2.19. The van der Waals surface area contributed by atoms with Gasteiger partial charge in [-0.25, -0.2) is 0 Å². The Morgan fingerprint density at radius 3 is 2.50 bits per heavy atom. The van der Waals surface area contributed by atoms with E-state index >= 15 is 0 Å². The number of hydrogen-bond donors (Lipinski definition) is 5. The highest BCUT2D eigenvalue weighted by molar-refractivity contribution is 4.95. The summed E-state index contributed by atoms with van der Waals surface area (Å²) in [4.78, 5) is 0. The summed E-state index contributed by atoms with van der Waals surface area (Å²) in [7, 11) is 0. The third-order valence-electron chi connectivity index (χ3n) is 2.49. The molecule has 5 atom stereocenters. The van der Waals surface area contributed by atoms with Crippen molar-refractivity contribution in [1.29, 1.82) is 0 Å². The molecular formula is C8H16O6. The number of aliphatic hydroxyl groups is 5. The molecule has 5 N–H and O–H groups in total. The van der Waals surface area contributed by atoms with Gasteiger partial charge in [0.05, 0.1) is 6.61 Å². The lowest BCUT2D eigenvalue weighted by Crippen LogP contribution is -2.65. The highest BCUT2D eigenvalue weighted by atomic mass is 16.7. The monoisotopic (exact) mass is 208 g/mol. The lowest BCUT2D eigenvalue weighted by Gasteiger charge is -2.43. The average molecular weight is 208 g/mol. The van der Waals surface area contributed by atoms with Gasteiger partial charge in [-0.1, -0.05) is 6.92 Å². The molecular weight excluding hydrogens is 192 g/mol. The zero-order chi connectivity index (χ0) is 10.9. The van der Waals surface area contributed by atoms with E-state index in [1.165, 1.54) is 0 Å². The Morgan fingerprint density at radius 1 is 1.43 bits per heavy atom. The van der Waals surface area contributed by atoms with Crippen LogP contribution < -0.4 is 0 Å². The summed E-state index contributed by atoms with van der Waals surface area (Å²) in [5.41, 5.74) is 0. The molecule has 0 bridgehead atoms. The maximum Gasteiger partial charge on any atom is 0.221 e. The van der Waals surface area contributed by atoms with Crippen LogP contribution in [0, 0.1) is 0 Å². The van der Waals surface area contributed by atoms with Gasteiger partial charge >= 0.3 is 0 Å². The minimum atomic E-state index is -2.20. The van der Waals surface area contributed by atoms with Crippen LogP contribution in [0.3, 0.4) is 0 Å². The van der Waals surface area contributed by atoms with Gasteiger partial charge in [-0.3, -0.25) is 0 Å². The van der Waals surface area contributed by atoms with Crippen LogP contribution in [0.25, 0.3) is 0 Å². The van der Waals surface area contributed by atoms with Crippen molar-refractivity contribution in [1.82, 2.24) is 0 Å². The zero-order valence-electron chi connectivity index (χ0n) is 7.87. The van der Waals surface area contributed by atoms with E-state index in [0.29, 0.717) is 0 Å². The fourth-order valence-electron chi connectivity index (χ4n) is 1.44. The van der Waals surface area contributed by atoms with Gasteiger partial charge in [0.2, 0.25) is 5.79 Å². The number of ether oxygens (including phenoxy) is 1. The second-order valence-electron chi connectivity index (χ2n) is 3.49. The van der Waals surface area contributed by atoms with Crippen LogP contribution >= 0.6 is 0 Å². The summed E-state index contributed by atoms with van der Waals surface area (Å²) in [6.07, 6.45) is -5.64. The van der Waals surface area contributed by atoms with Gasteiger partial charge in [0, 0.05) is 0 Å². The Kier molecular flexibility index (Phi) is 3.46. The largest absolute Gasteiger partial charge is 0.388 e. The van der Waals surface area contributed by atoms with Crippen LogP contribution in [-0.2, 0) is 4.74 Å². The van der Waals surface area contributed by atoms with Gasteiger partial charge in [0.1, 0.15) is 24.4 Å². The second kappa shape index (κ2) is 4.09. The van der Waals surface area contributed by atoms with Crippen molar-refractivity contribution in [2.24, 2.45) is 0 Å². The van der Waals surface area contributed by atoms with Crippen LogP contribution in [0.2, 0.25) is 0 Å². The molecule has 6 heteroatoms. The van der Waals surface area contributed by atoms with Gasteiger partial charge in [0.15, 0.2) is 0 Å². The molecule has 0 amide bonds. The second-order valence-corrected chi connectivity index (χ2v) is 3.49. The molecule has 1 unspecified atom stereocenters. The smallest absolute Gasteiger partial charge is 0.221 e. The van der Waals surface area contributed by atoms with E-state index in [0.717, 1.165) is 0 Å². The van der Waals surface area contributed by atoms with E-state index in [1.807, 2.05) is 0 Å². The predicted octanol–water partition coefficient (Wildman–Crippen LogP) is -2.44. The third-order valence-corrected chi connectivity index (χ3v) is 2.49. The molecule has 0 spiro atoms. The van der Waals surface area contributed by atoms with Crippen molar-refractivity contribution in [3.05, 3.63) is 0 Å². The van der Waals surface area contributed by atoms with Gasteiger partial charge < -0.3 is 30.3 Å². The van der Waals surface area contributed by atoms with Crippen molar-refractivity contribution >= 4 is 0 Å². The molecule has 0 saturated carbocycles. The molecule has 84 valence electrons. The summed E-state index contributed by atoms with van der Waals surface area (Å²) in [6.45, 7) is 1.27. The minimum Gasteiger partial charge on any atom is -0.388 e. The van der Waals surface area contributed by atoms with Crippen molar-refractivity contribution in [2.45, 2.75) is 43.5 Å². The molecule has 0 aliphatic carbocycles. The fourth-order valence-corrected chi connectivity index (χ4v) is 1.44. The molecule has 0 aromatic heterocycles. The van der Waals surface area contributed by atoms with Gasteiger partial charge in [-0.15, -0.1) is 0 Å². The lowest BCUT2D eigenvalue weighted by atomic mass is 9.92. The van der Waals surface area contributed by atoms with E-state index in [4.69, 9.17) is 9.84 Å². The summed E-state index contributed by atoms with van der Waals surface area (Å²) in [5, 5.41) is 46.9. The Labute approximate surface area is 81.4 Å². The maximum atomic E-state index is 9.70. The van der Waals surface area contributed by atoms with Gasteiger partial charge in [-0.2, -0.15) is 0 Å². The van der Waals surface area contributed by atoms with Crippen LogP contribution in [0.5, 0.6) is 0 Å². The van der Waals surface area contributed by atoms with E-state index in [2.05, 4.69) is 0 Å². The van der Waals surface area contributed by atoms with Crippen molar-refractivity contribution < 1.29 is 30.3 Å². The molecule has 1 aliphatic rings. The molecule has 1 fully saturated rings. The van der Waals surface area contributed by atoms with E-state index in [9.17, 15) is 20.4 Å². The van der Waals surface area contributed by atoms with Crippen LogP contribution in [-0.4, -0.2) is 62.3 Å². The Hall–Kier alpha value is -0.240. The first-order chi connectivity index (χ1) is 6.43. The Morgan fingerprint density at radius 2 is 2.00 bits per heavy atom. The molecule has 1 saturated heterocycles. The molecule has 0 aromatic rings. The molecule has 6 nitrogen and oxygen atoms in total. The zero-order valence-corrected chi connectivity index (χ0v) is 7.87. The Bertz CT molecular complexity index is 198. The first kappa shape index (κ1) is 11.8. The number of rotatable bonds is 2. The van der Waals surface area contributed by atoms with E-state index in [1.54, 1.807) is 6.92 Å². The highest BCUT2D eigenvalue weighted by Crippen LogP contribution is 2.28. The lowest BCUT2D eigenvalue weighted by molar-refractivity contribution is -0.351. The summed E-state index contributed by atoms with van der Waals surface area (Å²) >= 11 is 0. The molecule has 14 heavy (non-hydrogen) atoms.